The lowest BCUT2D eigenvalue weighted by Gasteiger charge is -2.21. The second-order valence-corrected chi connectivity index (χ2v) is 5.14. The molecule has 1 amide bonds. The third-order valence-electron chi connectivity index (χ3n) is 3.61. The fourth-order valence-electron chi connectivity index (χ4n) is 2.34. The minimum absolute atomic E-state index is 0.0591. The van der Waals surface area contributed by atoms with Gasteiger partial charge in [0.2, 0.25) is 5.91 Å². The summed E-state index contributed by atoms with van der Waals surface area (Å²) in [4.78, 5) is 22.7. The van der Waals surface area contributed by atoms with Crippen LogP contribution in [0.2, 0.25) is 0 Å². The maximum Gasteiger partial charge on any atom is 0.335 e. The Morgan fingerprint density at radius 2 is 2.05 bits per heavy atom. The second-order valence-electron chi connectivity index (χ2n) is 5.14. The molecule has 1 heterocycles. The molecule has 0 radical (unpaired) electrons. The van der Waals surface area contributed by atoms with Crippen LogP contribution in [0.15, 0.2) is 18.2 Å². The standard InChI is InChI=1S/C15H18FNO4/c16-12-3-2-11(15(19)20)9-13(12)17-14(18)4-1-10-5-7-21-8-6-10/h2-3,9-10H,1,4-8H2,(H,17,18)(H,19,20). The normalized spacial score (nSPS) is 15.7. The van der Waals surface area contributed by atoms with Crippen LogP contribution in [0, 0.1) is 11.7 Å². The number of carbonyl (C=O) groups excluding carboxylic acids is 1. The molecule has 2 N–H and O–H groups in total. The number of carboxylic acids is 1. The van der Waals surface area contributed by atoms with E-state index in [-0.39, 0.29) is 17.2 Å². The number of benzene rings is 1. The Balaban J connectivity index is 1.89. The average molecular weight is 295 g/mol. The van der Waals surface area contributed by atoms with E-state index in [4.69, 9.17) is 9.84 Å². The minimum atomic E-state index is -1.16. The predicted octanol–water partition coefficient (Wildman–Crippen LogP) is 2.67. The molecule has 1 aromatic rings. The van der Waals surface area contributed by atoms with Crippen molar-refractivity contribution in [3.05, 3.63) is 29.6 Å². The molecule has 0 unspecified atom stereocenters. The summed E-state index contributed by atoms with van der Waals surface area (Å²) in [5.74, 6) is -1.64. The van der Waals surface area contributed by atoms with Crippen molar-refractivity contribution in [3.8, 4) is 0 Å². The topological polar surface area (TPSA) is 75.6 Å². The number of anilines is 1. The molecule has 1 aliphatic heterocycles. The highest BCUT2D eigenvalue weighted by atomic mass is 19.1. The van der Waals surface area contributed by atoms with Gasteiger partial charge in [0.05, 0.1) is 11.3 Å². The lowest BCUT2D eigenvalue weighted by molar-refractivity contribution is -0.116. The molecular weight excluding hydrogens is 277 g/mol. The Morgan fingerprint density at radius 3 is 2.71 bits per heavy atom. The number of carboxylic acid groups (broad SMARTS) is 1. The van der Waals surface area contributed by atoms with Crippen molar-refractivity contribution >= 4 is 17.6 Å². The number of amides is 1. The average Bonchev–Trinajstić information content (AvgIpc) is 2.48. The Labute approximate surface area is 122 Å². The summed E-state index contributed by atoms with van der Waals surface area (Å²) in [6.45, 7) is 1.45. The fraction of sp³-hybridized carbons (Fsp3) is 0.467. The highest BCUT2D eigenvalue weighted by molar-refractivity contribution is 5.94. The Kier molecular flexibility index (Phi) is 5.27. The van der Waals surface area contributed by atoms with E-state index >= 15 is 0 Å². The summed E-state index contributed by atoms with van der Waals surface area (Å²) < 4.78 is 18.8. The van der Waals surface area contributed by atoms with E-state index in [1.54, 1.807) is 0 Å². The number of hydrogen-bond acceptors (Lipinski definition) is 3. The Hall–Kier alpha value is -1.95. The quantitative estimate of drug-likeness (QED) is 0.875. The van der Waals surface area contributed by atoms with E-state index in [2.05, 4.69) is 5.32 Å². The molecule has 6 heteroatoms. The number of aromatic carboxylic acids is 1. The molecule has 114 valence electrons. The van der Waals surface area contributed by atoms with Crippen LogP contribution in [0.3, 0.4) is 0 Å². The van der Waals surface area contributed by atoms with Gasteiger partial charge in [0.25, 0.3) is 0 Å². The highest BCUT2D eigenvalue weighted by Gasteiger charge is 2.16. The van der Waals surface area contributed by atoms with Crippen molar-refractivity contribution in [3.63, 3.8) is 0 Å². The van der Waals surface area contributed by atoms with E-state index in [1.807, 2.05) is 0 Å². The van der Waals surface area contributed by atoms with Crippen LogP contribution in [0.1, 0.15) is 36.0 Å². The Bertz CT molecular complexity index is 526. The van der Waals surface area contributed by atoms with Crippen molar-refractivity contribution in [1.82, 2.24) is 0 Å². The maximum atomic E-state index is 13.6. The van der Waals surface area contributed by atoms with E-state index in [1.165, 1.54) is 0 Å². The van der Waals surface area contributed by atoms with Crippen LogP contribution in [0.4, 0.5) is 10.1 Å². The molecule has 0 saturated carbocycles. The second kappa shape index (κ2) is 7.17. The molecule has 0 atom stereocenters. The molecule has 1 saturated heterocycles. The van der Waals surface area contributed by atoms with Crippen molar-refractivity contribution in [1.29, 1.82) is 0 Å². The zero-order valence-electron chi connectivity index (χ0n) is 11.6. The number of ether oxygens (including phenoxy) is 1. The van der Waals surface area contributed by atoms with Gasteiger partial charge in [-0.2, -0.15) is 0 Å². The molecule has 2 rings (SSSR count). The predicted molar refractivity (Wildman–Crippen MR) is 74.8 cm³/mol. The molecule has 1 fully saturated rings. The van der Waals surface area contributed by atoms with Gasteiger partial charge in [0, 0.05) is 19.6 Å². The van der Waals surface area contributed by atoms with Crippen LogP contribution >= 0.6 is 0 Å². The van der Waals surface area contributed by atoms with Gasteiger partial charge >= 0.3 is 5.97 Å². The molecule has 1 aromatic carbocycles. The first-order chi connectivity index (χ1) is 10.1. The number of hydrogen-bond donors (Lipinski definition) is 2. The fourth-order valence-corrected chi connectivity index (χ4v) is 2.34. The van der Waals surface area contributed by atoms with Crippen molar-refractivity contribution in [2.75, 3.05) is 18.5 Å². The monoisotopic (exact) mass is 295 g/mol. The summed E-state index contributed by atoms with van der Waals surface area (Å²) in [7, 11) is 0. The first kappa shape index (κ1) is 15.4. The molecule has 0 aromatic heterocycles. The summed E-state index contributed by atoms with van der Waals surface area (Å²) >= 11 is 0. The SMILES string of the molecule is O=C(CCC1CCOCC1)Nc1cc(C(=O)O)ccc1F. The molecule has 0 bridgehead atoms. The first-order valence-electron chi connectivity index (χ1n) is 6.96. The van der Waals surface area contributed by atoms with Crippen molar-refractivity contribution in [2.45, 2.75) is 25.7 Å². The molecule has 21 heavy (non-hydrogen) atoms. The van der Waals surface area contributed by atoms with E-state index in [9.17, 15) is 14.0 Å². The highest BCUT2D eigenvalue weighted by Crippen LogP contribution is 2.21. The first-order valence-corrected chi connectivity index (χ1v) is 6.96. The molecule has 5 nitrogen and oxygen atoms in total. The molecule has 1 aliphatic rings. The summed E-state index contributed by atoms with van der Waals surface area (Å²) in [6.07, 6.45) is 2.91. The van der Waals surface area contributed by atoms with E-state index < -0.39 is 11.8 Å². The summed E-state index contributed by atoms with van der Waals surface area (Å²) in [5, 5.41) is 11.3. The lowest BCUT2D eigenvalue weighted by Crippen LogP contribution is -2.19. The van der Waals surface area contributed by atoms with Gasteiger partial charge in [0.15, 0.2) is 0 Å². The van der Waals surface area contributed by atoms with Crippen LogP contribution in [0.5, 0.6) is 0 Å². The van der Waals surface area contributed by atoms with Gasteiger partial charge in [-0.05, 0) is 43.4 Å². The number of carbonyl (C=O) groups is 2. The van der Waals surface area contributed by atoms with Gasteiger partial charge in [-0.15, -0.1) is 0 Å². The van der Waals surface area contributed by atoms with Gasteiger partial charge in [-0.1, -0.05) is 0 Å². The summed E-state index contributed by atoms with van der Waals surface area (Å²) in [6, 6.07) is 3.33. The molecular formula is C15H18FNO4. The van der Waals surface area contributed by atoms with Crippen LogP contribution in [-0.4, -0.2) is 30.2 Å². The lowest BCUT2D eigenvalue weighted by atomic mass is 9.95. The van der Waals surface area contributed by atoms with Crippen LogP contribution in [-0.2, 0) is 9.53 Å². The molecule has 0 spiro atoms. The van der Waals surface area contributed by atoms with Crippen LogP contribution < -0.4 is 5.32 Å². The third-order valence-corrected chi connectivity index (χ3v) is 3.61. The zero-order chi connectivity index (χ0) is 15.2. The zero-order valence-corrected chi connectivity index (χ0v) is 11.6. The van der Waals surface area contributed by atoms with Gasteiger partial charge in [-0.3, -0.25) is 4.79 Å². The molecule has 0 aliphatic carbocycles. The number of halogens is 1. The number of rotatable bonds is 5. The van der Waals surface area contributed by atoms with Crippen LogP contribution in [0.25, 0.3) is 0 Å². The van der Waals surface area contributed by atoms with Gasteiger partial charge in [-0.25, -0.2) is 9.18 Å². The Morgan fingerprint density at radius 1 is 1.33 bits per heavy atom. The third kappa shape index (κ3) is 4.53. The van der Waals surface area contributed by atoms with Gasteiger partial charge < -0.3 is 15.2 Å². The minimum Gasteiger partial charge on any atom is -0.478 e. The summed E-state index contributed by atoms with van der Waals surface area (Å²) in [5.41, 5.74) is -0.150. The van der Waals surface area contributed by atoms with E-state index in [0.29, 0.717) is 12.3 Å². The van der Waals surface area contributed by atoms with Crippen molar-refractivity contribution < 1.29 is 23.8 Å². The van der Waals surface area contributed by atoms with Gasteiger partial charge in [0.1, 0.15) is 5.82 Å². The van der Waals surface area contributed by atoms with E-state index in [0.717, 1.165) is 50.7 Å². The number of nitrogens with one attached hydrogen (secondary N) is 1. The van der Waals surface area contributed by atoms with Crippen molar-refractivity contribution in [2.24, 2.45) is 5.92 Å². The maximum absolute atomic E-state index is 13.6. The smallest absolute Gasteiger partial charge is 0.335 e. The largest absolute Gasteiger partial charge is 0.478 e.